The summed E-state index contributed by atoms with van der Waals surface area (Å²) in [7, 11) is 2.16. The van der Waals surface area contributed by atoms with Gasteiger partial charge in [0.15, 0.2) is 0 Å². The zero-order chi connectivity index (χ0) is 14.7. The molecule has 1 aromatic carbocycles. The fourth-order valence-corrected chi connectivity index (χ4v) is 2.43. The van der Waals surface area contributed by atoms with Gasteiger partial charge < -0.3 is 5.73 Å². The van der Waals surface area contributed by atoms with Crippen molar-refractivity contribution in [2.45, 2.75) is 39.7 Å². The van der Waals surface area contributed by atoms with Crippen LogP contribution in [0.2, 0.25) is 5.02 Å². The van der Waals surface area contributed by atoms with E-state index in [2.05, 4.69) is 51.8 Å². The first-order valence-electron chi connectivity index (χ1n) is 6.82. The van der Waals surface area contributed by atoms with E-state index in [9.17, 15) is 0 Å². The molecule has 108 valence electrons. The van der Waals surface area contributed by atoms with Crippen molar-refractivity contribution in [3.63, 3.8) is 0 Å². The van der Waals surface area contributed by atoms with Gasteiger partial charge >= 0.3 is 0 Å². The second-order valence-corrected chi connectivity index (χ2v) is 7.36. The SMILES string of the molecule is CN(CC(C)(C)C)C(C)(CN)Cc1ccc(Cl)cc1. The van der Waals surface area contributed by atoms with E-state index in [0.717, 1.165) is 18.0 Å². The Bertz CT molecular complexity index is 394. The highest BCUT2D eigenvalue weighted by atomic mass is 35.5. The molecular weight excluding hydrogens is 256 g/mol. The summed E-state index contributed by atoms with van der Waals surface area (Å²) in [6, 6.07) is 8.05. The molecule has 1 atom stereocenters. The Labute approximate surface area is 122 Å². The van der Waals surface area contributed by atoms with Gasteiger partial charge in [-0.05, 0) is 43.5 Å². The molecule has 0 aliphatic rings. The average Bonchev–Trinajstić information content (AvgIpc) is 2.30. The monoisotopic (exact) mass is 282 g/mol. The molecule has 2 nitrogen and oxygen atoms in total. The lowest BCUT2D eigenvalue weighted by Crippen LogP contribution is -2.53. The number of nitrogens with zero attached hydrogens (tertiary/aromatic N) is 1. The molecule has 0 spiro atoms. The van der Waals surface area contributed by atoms with Crippen molar-refractivity contribution >= 4 is 11.6 Å². The van der Waals surface area contributed by atoms with Crippen LogP contribution in [0.15, 0.2) is 24.3 Å². The van der Waals surface area contributed by atoms with Gasteiger partial charge in [-0.3, -0.25) is 4.90 Å². The Hall–Kier alpha value is -0.570. The van der Waals surface area contributed by atoms with Crippen molar-refractivity contribution in [3.8, 4) is 0 Å². The van der Waals surface area contributed by atoms with Gasteiger partial charge in [-0.1, -0.05) is 44.5 Å². The highest BCUT2D eigenvalue weighted by Gasteiger charge is 2.30. The molecule has 19 heavy (non-hydrogen) atoms. The largest absolute Gasteiger partial charge is 0.329 e. The maximum atomic E-state index is 6.04. The second-order valence-electron chi connectivity index (χ2n) is 6.92. The summed E-state index contributed by atoms with van der Waals surface area (Å²) in [5.74, 6) is 0. The third kappa shape index (κ3) is 5.13. The smallest absolute Gasteiger partial charge is 0.0406 e. The van der Waals surface area contributed by atoms with E-state index in [1.54, 1.807) is 0 Å². The van der Waals surface area contributed by atoms with Gasteiger partial charge in [0, 0.05) is 23.7 Å². The lowest BCUT2D eigenvalue weighted by molar-refractivity contribution is 0.100. The van der Waals surface area contributed by atoms with Gasteiger partial charge in [-0.25, -0.2) is 0 Å². The maximum Gasteiger partial charge on any atom is 0.0406 e. The van der Waals surface area contributed by atoms with Crippen LogP contribution in [-0.4, -0.2) is 30.6 Å². The number of likely N-dealkylation sites (N-methyl/N-ethyl adjacent to an activating group) is 1. The van der Waals surface area contributed by atoms with E-state index in [0.29, 0.717) is 6.54 Å². The molecule has 0 saturated heterocycles. The highest BCUT2D eigenvalue weighted by molar-refractivity contribution is 6.30. The zero-order valence-electron chi connectivity index (χ0n) is 12.8. The topological polar surface area (TPSA) is 29.3 Å². The fourth-order valence-electron chi connectivity index (χ4n) is 2.31. The number of benzene rings is 1. The summed E-state index contributed by atoms with van der Waals surface area (Å²) >= 11 is 5.93. The van der Waals surface area contributed by atoms with Crippen LogP contribution in [0.3, 0.4) is 0 Å². The van der Waals surface area contributed by atoms with E-state index in [1.807, 2.05) is 12.1 Å². The van der Waals surface area contributed by atoms with Crippen LogP contribution in [0.5, 0.6) is 0 Å². The first-order chi connectivity index (χ1) is 8.66. The van der Waals surface area contributed by atoms with Crippen molar-refractivity contribution in [3.05, 3.63) is 34.9 Å². The third-order valence-corrected chi connectivity index (χ3v) is 3.82. The van der Waals surface area contributed by atoms with Crippen LogP contribution in [0, 0.1) is 5.41 Å². The van der Waals surface area contributed by atoms with Crippen molar-refractivity contribution in [2.75, 3.05) is 20.1 Å². The standard InChI is InChI=1S/C16H27ClN2/c1-15(2,3)12-19(5)16(4,11-18)10-13-6-8-14(17)9-7-13/h6-9H,10-12,18H2,1-5H3. The Morgan fingerprint density at radius 3 is 2.05 bits per heavy atom. The summed E-state index contributed by atoms with van der Waals surface area (Å²) in [6.45, 7) is 10.7. The second kappa shape index (κ2) is 6.25. The molecule has 0 radical (unpaired) electrons. The molecule has 1 aromatic rings. The molecule has 3 heteroatoms. The Kier molecular flexibility index (Phi) is 5.43. The number of hydrogen-bond acceptors (Lipinski definition) is 2. The minimum Gasteiger partial charge on any atom is -0.329 e. The van der Waals surface area contributed by atoms with Gasteiger partial charge in [0.1, 0.15) is 0 Å². The molecule has 0 bridgehead atoms. The summed E-state index contributed by atoms with van der Waals surface area (Å²) < 4.78 is 0. The van der Waals surface area contributed by atoms with Crippen LogP contribution >= 0.6 is 11.6 Å². The van der Waals surface area contributed by atoms with Crippen LogP contribution in [-0.2, 0) is 6.42 Å². The van der Waals surface area contributed by atoms with E-state index >= 15 is 0 Å². The Morgan fingerprint density at radius 2 is 1.63 bits per heavy atom. The lowest BCUT2D eigenvalue weighted by Gasteiger charge is -2.41. The third-order valence-electron chi connectivity index (χ3n) is 3.57. The van der Waals surface area contributed by atoms with Gasteiger partial charge in [0.25, 0.3) is 0 Å². The van der Waals surface area contributed by atoms with Crippen molar-refractivity contribution in [1.29, 1.82) is 0 Å². The molecule has 0 aliphatic heterocycles. The predicted molar refractivity (Wildman–Crippen MR) is 84.7 cm³/mol. The van der Waals surface area contributed by atoms with Crippen LogP contribution in [0.1, 0.15) is 33.3 Å². The van der Waals surface area contributed by atoms with Crippen LogP contribution < -0.4 is 5.73 Å². The fraction of sp³-hybridized carbons (Fsp3) is 0.625. The molecule has 0 aliphatic carbocycles. The minimum atomic E-state index is -0.0267. The summed E-state index contributed by atoms with van der Waals surface area (Å²) in [5.41, 5.74) is 7.56. The molecule has 2 N–H and O–H groups in total. The van der Waals surface area contributed by atoms with Gasteiger partial charge in [-0.15, -0.1) is 0 Å². The van der Waals surface area contributed by atoms with Gasteiger partial charge in [0.2, 0.25) is 0 Å². The molecule has 0 heterocycles. The normalized spacial score (nSPS) is 15.6. The molecule has 1 rings (SSSR count). The predicted octanol–water partition coefficient (Wildman–Crippen LogP) is 3.58. The molecule has 0 saturated carbocycles. The van der Waals surface area contributed by atoms with E-state index < -0.39 is 0 Å². The first-order valence-corrected chi connectivity index (χ1v) is 7.20. The molecule has 1 unspecified atom stereocenters. The maximum absolute atomic E-state index is 6.04. The number of halogens is 1. The Balaban J connectivity index is 2.82. The molecule has 0 fully saturated rings. The minimum absolute atomic E-state index is 0.0267. The van der Waals surface area contributed by atoms with Crippen LogP contribution in [0.4, 0.5) is 0 Å². The van der Waals surface area contributed by atoms with E-state index in [4.69, 9.17) is 17.3 Å². The molecule has 0 aromatic heterocycles. The first kappa shape index (κ1) is 16.5. The quantitative estimate of drug-likeness (QED) is 0.894. The highest BCUT2D eigenvalue weighted by Crippen LogP contribution is 2.24. The molecular formula is C16H27ClN2. The Morgan fingerprint density at radius 1 is 1.11 bits per heavy atom. The average molecular weight is 283 g/mol. The van der Waals surface area contributed by atoms with Crippen molar-refractivity contribution in [2.24, 2.45) is 11.1 Å². The van der Waals surface area contributed by atoms with E-state index in [-0.39, 0.29) is 11.0 Å². The number of nitrogens with two attached hydrogens (primary N) is 1. The zero-order valence-corrected chi connectivity index (χ0v) is 13.6. The van der Waals surface area contributed by atoms with Gasteiger partial charge in [-0.2, -0.15) is 0 Å². The lowest BCUT2D eigenvalue weighted by atomic mass is 9.88. The summed E-state index contributed by atoms with van der Waals surface area (Å²) in [6.07, 6.45) is 0.938. The number of rotatable bonds is 5. The van der Waals surface area contributed by atoms with E-state index in [1.165, 1.54) is 5.56 Å². The molecule has 0 amide bonds. The number of hydrogen-bond donors (Lipinski definition) is 1. The van der Waals surface area contributed by atoms with Gasteiger partial charge in [0.05, 0.1) is 0 Å². The summed E-state index contributed by atoms with van der Waals surface area (Å²) in [5, 5.41) is 0.779. The van der Waals surface area contributed by atoms with Crippen molar-refractivity contribution in [1.82, 2.24) is 4.90 Å². The van der Waals surface area contributed by atoms with Crippen molar-refractivity contribution < 1.29 is 0 Å². The summed E-state index contributed by atoms with van der Waals surface area (Å²) in [4.78, 5) is 2.38. The van der Waals surface area contributed by atoms with Crippen LogP contribution in [0.25, 0.3) is 0 Å².